The lowest BCUT2D eigenvalue weighted by molar-refractivity contribution is -0.148. The van der Waals surface area contributed by atoms with Gasteiger partial charge in [-0.1, -0.05) is 13.3 Å². The van der Waals surface area contributed by atoms with Crippen molar-refractivity contribution in [3.05, 3.63) is 0 Å². The van der Waals surface area contributed by atoms with E-state index in [-0.39, 0.29) is 5.97 Å². The fourth-order valence-electron chi connectivity index (χ4n) is 1.76. The van der Waals surface area contributed by atoms with E-state index in [0.29, 0.717) is 6.04 Å². The Kier molecular flexibility index (Phi) is 6.34. The lowest BCUT2D eigenvalue weighted by atomic mass is 9.99. The fraction of sp³-hybridized carbons (Fsp3) is 0.923. The Balaban J connectivity index is 2.31. The van der Waals surface area contributed by atoms with Crippen LogP contribution in [0.2, 0.25) is 0 Å². The molecular formula is C13H25NO2S. The third kappa shape index (κ3) is 5.30. The van der Waals surface area contributed by atoms with E-state index in [4.69, 9.17) is 4.74 Å². The second kappa shape index (κ2) is 7.27. The van der Waals surface area contributed by atoms with Crippen LogP contribution in [0.15, 0.2) is 0 Å². The van der Waals surface area contributed by atoms with Gasteiger partial charge in [-0.15, -0.1) is 0 Å². The van der Waals surface area contributed by atoms with E-state index in [1.165, 1.54) is 38.5 Å². The highest BCUT2D eigenvalue weighted by Gasteiger charge is 2.38. The average Bonchev–Trinajstić information content (AvgIpc) is 3.11. The molecule has 0 spiro atoms. The van der Waals surface area contributed by atoms with Crippen molar-refractivity contribution in [1.82, 2.24) is 5.32 Å². The summed E-state index contributed by atoms with van der Waals surface area (Å²) >= 11 is 1.93. The minimum atomic E-state index is -0.491. The molecule has 17 heavy (non-hydrogen) atoms. The van der Waals surface area contributed by atoms with Gasteiger partial charge in [-0.3, -0.25) is 10.1 Å². The number of hydrogen-bond acceptors (Lipinski definition) is 4. The highest BCUT2D eigenvalue weighted by molar-refractivity contribution is 7.99. The van der Waals surface area contributed by atoms with Gasteiger partial charge in [0.05, 0.1) is 7.11 Å². The second-order valence-electron chi connectivity index (χ2n) is 4.96. The predicted octanol–water partition coefficient (Wildman–Crippen LogP) is 2.59. The van der Waals surface area contributed by atoms with Crippen LogP contribution in [-0.2, 0) is 9.53 Å². The van der Waals surface area contributed by atoms with E-state index in [1.54, 1.807) is 0 Å². The summed E-state index contributed by atoms with van der Waals surface area (Å²) in [6.45, 7) is 4.17. The molecule has 1 N–H and O–H groups in total. The van der Waals surface area contributed by atoms with Gasteiger partial charge in [-0.05, 0) is 44.1 Å². The maximum absolute atomic E-state index is 11.8. The summed E-state index contributed by atoms with van der Waals surface area (Å²) in [5.41, 5.74) is -0.491. The Morgan fingerprint density at radius 3 is 2.71 bits per heavy atom. The Labute approximate surface area is 109 Å². The molecular weight excluding hydrogens is 234 g/mol. The zero-order chi connectivity index (χ0) is 12.7. The van der Waals surface area contributed by atoms with Gasteiger partial charge in [0.25, 0.3) is 0 Å². The summed E-state index contributed by atoms with van der Waals surface area (Å²) in [5.74, 6) is 2.09. The van der Waals surface area contributed by atoms with Crippen molar-refractivity contribution in [2.24, 2.45) is 0 Å². The number of carbonyl (C=O) groups excluding carboxylic acids is 1. The van der Waals surface area contributed by atoms with Gasteiger partial charge in [-0.2, -0.15) is 11.8 Å². The third-order valence-electron chi connectivity index (χ3n) is 3.12. The van der Waals surface area contributed by atoms with Crippen LogP contribution in [0, 0.1) is 0 Å². The molecule has 4 heteroatoms. The molecule has 3 nitrogen and oxygen atoms in total. The molecule has 0 amide bonds. The average molecular weight is 259 g/mol. The maximum Gasteiger partial charge on any atom is 0.325 e. The molecule has 100 valence electrons. The number of esters is 1. The zero-order valence-corrected chi connectivity index (χ0v) is 12.1. The minimum absolute atomic E-state index is 0.125. The number of nitrogens with one attached hydrogen (secondary N) is 1. The quantitative estimate of drug-likeness (QED) is 0.510. The molecule has 1 rings (SSSR count). The van der Waals surface area contributed by atoms with E-state index in [1.807, 2.05) is 18.7 Å². The van der Waals surface area contributed by atoms with Crippen molar-refractivity contribution < 1.29 is 9.53 Å². The summed E-state index contributed by atoms with van der Waals surface area (Å²) in [7, 11) is 1.47. The van der Waals surface area contributed by atoms with Crippen LogP contribution in [0.5, 0.6) is 0 Å². The van der Waals surface area contributed by atoms with E-state index >= 15 is 0 Å². The SMILES string of the molecule is CCCCSCCC(C)(NC1CC1)C(=O)OC. The smallest absolute Gasteiger partial charge is 0.325 e. The van der Waals surface area contributed by atoms with Gasteiger partial charge >= 0.3 is 5.97 Å². The summed E-state index contributed by atoms with van der Waals surface area (Å²) in [5, 5.41) is 3.42. The van der Waals surface area contributed by atoms with Crippen molar-refractivity contribution in [3.8, 4) is 0 Å². The van der Waals surface area contributed by atoms with Crippen molar-refractivity contribution >= 4 is 17.7 Å². The summed E-state index contributed by atoms with van der Waals surface area (Å²) in [6, 6.07) is 0.528. The Hall–Kier alpha value is -0.220. The van der Waals surface area contributed by atoms with Gasteiger partial charge in [0.2, 0.25) is 0 Å². The molecule has 0 saturated heterocycles. The Morgan fingerprint density at radius 1 is 1.47 bits per heavy atom. The molecule has 1 saturated carbocycles. The normalized spacial score (nSPS) is 18.8. The largest absolute Gasteiger partial charge is 0.468 e. The molecule has 1 atom stereocenters. The molecule has 1 unspecified atom stereocenters. The first kappa shape index (κ1) is 14.8. The van der Waals surface area contributed by atoms with Crippen LogP contribution in [0.4, 0.5) is 0 Å². The Morgan fingerprint density at radius 2 is 2.18 bits per heavy atom. The van der Waals surface area contributed by atoms with Crippen LogP contribution in [0.3, 0.4) is 0 Å². The van der Waals surface area contributed by atoms with E-state index in [9.17, 15) is 4.79 Å². The summed E-state index contributed by atoms with van der Waals surface area (Å²) < 4.78 is 4.91. The van der Waals surface area contributed by atoms with E-state index in [2.05, 4.69) is 12.2 Å². The number of hydrogen-bond donors (Lipinski definition) is 1. The molecule has 0 radical (unpaired) electrons. The van der Waals surface area contributed by atoms with Crippen molar-refractivity contribution in [1.29, 1.82) is 0 Å². The highest BCUT2D eigenvalue weighted by Crippen LogP contribution is 2.26. The number of unbranched alkanes of at least 4 members (excludes halogenated alkanes) is 1. The van der Waals surface area contributed by atoms with Crippen LogP contribution in [0.25, 0.3) is 0 Å². The van der Waals surface area contributed by atoms with E-state index < -0.39 is 5.54 Å². The van der Waals surface area contributed by atoms with Crippen LogP contribution in [-0.4, -0.2) is 36.2 Å². The third-order valence-corrected chi connectivity index (χ3v) is 4.19. The van der Waals surface area contributed by atoms with Gasteiger partial charge in [0, 0.05) is 6.04 Å². The molecule has 0 aliphatic heterocycles. The Bertz CT molecular complexity index is 244. The maximum atomic E-state index is 11.8. The molecule has 0 aromatic rings. The van der Waals surface area contributed by atoms with Crippen molar-refractivity contribution in [2.75, 3.05) is 18.6 Å². The number of ether oxygens (including phenoxy) is 1. The minimum Gasteiger partial charge on any atom is -0.468 e. The van der Waals surface area contributed by atoms with Gasteiger partial charge in [-0.25, -0.2) is 0 Å². The monoisotopic (exact) mass is 259 g/mol. The summed E-state index contributed by atoms with van der Waals surface area (Å²) in [6.07, 6.45) is 5.73. The van der Waals surface area contributed by atoms with Crippen molar-refractivity contribution in [3.63, 3.8) is 0 Å². The highest BCUT2D eigenvalue weighted by atomic mass is 32.2. The van der Waals surface area contributed by atoms with Crippen LogP contribution >= 0.6 is 11.8 Å². The number of carbonyl (C=O) groups is 1. The molecule has 0 heterocycles. The molecule has 1 aliphatic rings. The molecule has 1 fully saturated rings. The fourth-order valence-corrected chi connectivity index (χ4v) is 3.01. The summed E-state index contributed by atoms with van der Waals surface area (Å²) in [4.78, 5) is 11.8. The molecule has 0 aromatic heterocycles. The van der Waals surface area contributed by atoms with E-state index in [0.717, 1.165) is 12.2 Å². The topological polar surface area (TPSA) is 38.3 Å². The lowest BCUT2D eigenvalue weighted by Gasteiger charge is -2.28. The standard InChI is InChI=1S/C13H25NO2S/c1-4-5-9-17-10-8-13(2,12(15)16-3)14-11-6-7-11/h11,14H,4-10H2,1-3H3. The first-order chi connectivity index (χ1) is 8.12. The van der Waals surface area contributed by atoms with Gasteiger partial charge < -0.3 is 4.74 Å². The molecule has 0 bridgehead atoms. The number of thioether (sulfide) groups is 1. The number of methoxy groups -OCH3 is 1. The predicted molar refractivity (Wildman–Crippen MR) is 73.4 cm³/mol. The lowest BCUT2D eigenvalue weighted by Crippen LogP contribution is -2.51. The zero-order valence-electron chi connectivity index (χ0n) is 11.3. The molecule has 0 aromatic carbocycles. The first-order valence-corrected chi connectivity index (χ1v) is 7.71. The van der Waals surface area contributed by atoms with Crippen LogP contribution < -0.4 is 5.32 Å². The van der Waals surface area contributed by atoms with Crippen molar-refractivity contribution in [2.45, 2.75) is 57.5 Å². The van der Waals surface area contributed by atoms with Gasteiger partial charge in [0.1, 0.15) is 5.54 Å². The number of rotatable bonds is 9. The molecule has 1 aliphatic carbocycles. The first-order valence-electron chi connectivity index (χ1n) is 6.56. The van der Waals surface area contributed by atoms with Crippen LogP contribution in [0.1, 0.15) is 46.0 Å². The van der Waals surface area contributed by atoms with Gasteiger partial charge in [0.15, 0.2) is 0 Å². The second-order valence-corrected chi connectivity index (χ2v) is 6.18.